The van der Waals surface area contributed by atoms with Crippen molar-refractivity contribution >= 4 is 10.2 Å². The molecule has 1 aliphatic rings. The lowest BCUT2D eigenvalue weighted by atomic mass is 9.98. The molecule has 1 saturated carbocycles. The molecule has 1 fully saturated rings. The van der Waals surface area contributed by atoms with E-state index >= 15 is 0 Å². The highest BCUT2D eigenvalue weighted by molar-refractivity contribution is 7.86. The summed E-state index contributed by atoms with van der Waals surface area (Å²) in [5, 5.41) is 5.17. The predicted octanol–water partition coefficient (Wildman–Crippen LogP) is 0.946. The summed E-state index contributed by atoms with van der Waals surface area (Å²) in [5.74, 6) is 0.840. The summed E-state index contributed by atoms with van der Waals surface area (Å²) in [5.41, 5.74) is 0. The van der Waals surface area contributed by atoms with Gasteiger partial charge in [0.15, 0.2) is 0 Å². The minimum absolute atomic E-state index is 0.172. The summed E-state index contributed by atoms with van der Waals surface area (Å²) in [7, 11) is -3.50. The van der Waals surface area contributed by atoms with Crippen molar-refractivity contribution in [1.82, 2.24) is 4.31 Å². The van der Waals surface area contributed by atoms with Crippen molar-refractivity contribution in [1.29, 1.82) is 0 Å². The maximum atomic E-state index is 11.3. The van der Waals surface area contributed by atoms with Crippen molar-refractivity contribution in [2.24, 2.45) is 17.0 Å². The van der Waals surface area contributed by atoms with Gasteiger partial charge in [0.1, 0.15) is 0 Å². The molecule has 14 heavy (non-hydrogen) atoms. The molecule has 1 rings (SSSR count). The molecule has 0 spiro atoms. The summed E-state index contributed by atoms with van der Waals surface area (Å²) in [4.78, 5) is 0. The highest BCUT2D eigenvalue weighted by Crippen LogP contribution is 2.29. The first kappa shape index (κ1) is 11.9. The van der Waals surface area contributed by atoms with E-state index in [0.717, 1.165) is 12.8 Å². The quantitative estimate of drug-likeness (QED) is 0.749. The van der Waals surface area contributed by atoms with Gasteiger partial charge in [0.05, 0.1) is 0 Å². The fourth-order valence-electron chi connectivity index (χ4n) is 1.32. The van der Waals surface area contributed by atoms with Crippen molar-refractivity contribution in [3.05, 3.63) is 0 Å². The van der Waals surface area contributed by atoms with Crippen molar-refractivity contribution in [3.8, 4) is 0 Å². The highest BCUT2D eigenvalue weighted by Gasteiger charge is 2.36. The number of rotatable bonds is 5. The summed E-state index contributed by atoms with van der Waals surface area (Å²) in [6, 6.07) is 0.172. The van der Waals surface area contributed by atoms with E-state index < -0.39 is 10.2 Å². The van der Waals surface area contributed by atoms with Gasteiger partial charge in [0.25, 0.3) is 10.2 Å². The molecule has 0 heterocycles. The van der Waals surface area contributed by atoms with E-state index in [-0.39, 0.29) is 6.04 Å². The van der Waals surface area contributed by atoms with Crippen LogP contribution in [-0.4, -0.2) is 25.3 Å². The Hall–Kier alpha value is -0.130. The fraction of sp³-hybridized carbons (Fsp3) is 1.00. The van der Waals surface area contributed by atoms with E-state index in [1.54, 1.807) is 0 Å². The molecule has 0 aromatic heterocycles. The van der Waals surface area contributed by atoms with Crippen LogP contribution in [0.4, 0.5) is 0 Å². The van der Waals surface area contributed by atoms with Crippen molar-refractivity contribution in [2.45, 2.75) is 39.7 Å². The standard InChI is InChI=1S/C9H20N2O2S/c1-7(2)8(3)6-11(9-4-5-9)14(10,12)13/h7-9H,4-6H2,1-3H3,(H2,10,12,13). The molecule has 0 radical (unpaired) electrons. The second-order valence-electron chi connectivity index (χ2n) is 4.57. The van der Waals surface area contributed by atoms with E-state index in [9.17, 15) is 8.42 Å². The molecule has 0 aliphatic heterocycles. The molecule has 1 unspecified atom stereocenters. The normalized spacial score (nSPS) is 20.4. The molecule has 2 N–H and O–H groups in total. The lowest BCUT2D eigenvalue weighted by Gasteiger charge is -2.24. The van der Waals surface area contributed by atoms with Gasteiger partial charge >= 0.3 is 0 Å². The van der Waals surface area contributed by atoms with E-state index in [1.165, 1.54) is 4.31 Å². The van der Waals surface area contributed by atoms with E-state index in [0.29, 0.717) is 18.4 Å². The maximum absolute atomic E-state index is 11.3. The first-order valence-corrected chi connectivity index (χ1v) is 6.62. The summed E-state index contributed by atoms with van der Waals surface area (Å²) in [6.45, 7) is 6.81. The molecule has 5 heteroatoms. The van der Waals surface area contributed by atoms with Crippen LogP contribution in [0, 0.1) is 11.8 Å². The zero-order chi connectivity index (χ0) is 10.9. The predicted molar refractivity (Wildman–Crippen MR) is 56.8 cm³/mol. The third kappa shape index (κ3) is 3.22. The minimum Gasteiger partial charge on any atom is -0.216 e. The summed E-state index contributed by atoms with van der Waals surface area (Å²) >= 11 is 0. The smallest absolute Gasteiger partial charge is 0.216 e. The van der Waals surface area contributed by atoms with E-state index in [2.05, 4.69) is 20.8 Å². The van der Waals surface area contributed by atoms with Crippen LogP contribution in [0.25, 0.3) is 0 Å². The lowest BCUT2D eigenvalue weighted by molar-refractivity contribution is 0.298. The number of nitrogens with zero attached hydrogens (tertiary/aromatic N) is 1. The SMILES string of the molecule is CC(C)C(C)CN(C1CC1)S(N)(=O)=O. The van der Waals surface area contributed by atoms with Gasteiger partial charge < -0.3 is 0 Å². The third-order valence-electron chi connectivity index (χ3n) is 2.89. The van der Waals surface area contributed by atoms with Crippen LogP contribution < -0.4 is 5.14 Å². The number of nitrogens with two attached hydrogens (primary N) is 1. The Labute approximate surface area is 86.6 Å². The largest absolute Gasteiger partial charge is 0.277 e. The van der Waals surface area contributed by atoms with E-state index in [1.807, 2.05) is 0 Å². The summed E-state index contributed by atoms with van der Waals surface area (Å²) in [6.07, 6.45) is 1.92. The Morgan fingerprint density at radius 3 is 2.14 bits per heavy atom. The van der Waals surface area contributed by atoms with Crippen LogP contribution in [0.5, 0.6) is 0 Å². The Morgan fingerprint density at radius 2 is 1.86 bits per heavy atom. The molecule has 0 bridgehead atoms. The molecule has 0 aromatic rings. The van der Waals surface area contributed by atoms with Gasteiger partial charge in [0, 0.05) is 12.6 Å². The van der Waals surface area contributed by atoms with Gasteiger partial charge in [-0.2, -0.15) is 12.7 Å². The highest BCUT2D eigenvalue weighted by atomic mass is 32.2. The minimum atomic E-state index is -3.50. The van der Waals surface area contributed by atoms with Gasteiger partial charge in [-0.15, -0.1) is 0 Å². The van der Waals surface area contributed by atoms with Crippen LogP contribution in [0.3, 0.4) is 0 Å². The van der Waals surface area contributed by atoms with Crippen LogP contribution in [0.15, 0.2) is 0 Å². The Bertz CT molecular complexity index is 283. The second kappa shape index (κ2) is 4.16. The topological polar surface area (TPSA) is 63.4 Å². The van der Waals surface area contributed by atoms with Gasteiger partial charge in [-0.1, -0.05) is 20.8 Å². The third-order valence-corrected chi connectivity index (χ3v) is 3.99. The van der Waals surface area contributed by atoms with Crippen LogP contribution in [-0.2, 0) is 10.2 Å². The van der Waals surface area contributed by atoms with E-state index in [4.69, 9.17) is 5.14 Å². The average Bonchev–Trinajstić information content (AvgIpc) is 2.79. The Balaban J connectivity index is 2.61. The Kier molecular flexibility index (Phi) is 3.55. The van der Waals surface area contributed by atoms with Crippen molar-refractivity contribution in [2.75, 3.05) is 6.54 Å². The zero-order valence-corrected chi connectivity index (χ0v) is 9.92. The number of hydrogen-bond acceptors (Lipinski definition) is 2. The molecule has 1 atom stereocenters. The van der Waals surface area contributed by atoms with Crippen molar-refractivity contribution in [3.63, 3.8) is 0 Å². The molecular formula is C9H20N2O2S. The van der Waals surface area contributed by atoms with Gasteiger partial charge in [-0.25, -0.2) is 5.14 Å². The molecule has 4 nitrogen and oxygen atoms in total. The molecular weight excluding hydrogens is 200 g/mol. The Morgan fingerprint density at radius 1 is 1.36 bits per heavy atom. The first-order chi connectivity index (χ1) is 6.32. The first-order valence-electron chi connectivity index (χ1n) is 5.12. The lowest BCUT2D eigenvalue weighted by Crippen LogP contribution is -2.41. The monoisotopic (exact) mass is 220 g/mol. The van der Waals surface area contributed by atoms with Crippen LogP contribution in [0.1, 0.15) is 33.6 Å². The molecule has 0 saturated heterocycles. The molecule has 0 amide bonds. The second-order valence-corrected chi connectivity index (χ2v) is 6.07. The van der Waals surface area contributed by atoms with Crippen molar-refractivity contribution < 1.29 is 8.42 Å². The molecule has 84 valence electrons. The van der Waals surface area contributed by atoms with Crippen LogP contribution >= 0.6 is 0 Å². The summed E-state index contributed by atoms with van der Waals surface area (Å²) < 4.78 is 24.0. The molecule has 1 aliphatic carbocycles. The average molecular weight is 220 g/mol. The van der Waals surface area contributed by atoms with Gasteiger partial charge in [-0.3, -0.25) is 0 Å². The van der Waals surface area contributed by atoms with Gasteiger partial charge in [-0.05, 0) is 24.7 Å². The zero-order valence-electron chi connectivity index (χ0n) is 9.10. The fourth-order valence-corrected chi connectivity index (χ4v) is 2.39. The number of hydrogen-bond donors (Lipinski definition) is 1. The van der Waals surface area contributed by atoms with Crippen LogP contribution in [0.2, 0.25) is 0 Å². The molecule has 0 aromatic carbocycles. The van der Waals surface area contributed by atoms with Gasteiger partial charge in [0.2, 0.25) is 0 Å². The maximum Gasteiger partial charge on any atom is 0.277 e.